The predicted octanol–water partition coefficient (Wildman–Crippen LogP) is 5.31. The summed E-state index contributed by atoms with van der Waals surface area (Å²) in [6.45, 7) is 13.7. The Balaban J connectivity index is 2.11. The van der Waals surface area contributed by atoms with Gasteiger partial charge in [0.15, 0.2) is 14.1 Å². The molecule has 2 rings (SSSR count). The summed E-state index contributed by atoms with van der Waals surface area (Å²) in [6.07, 6.45) is 2.59. The molecule has 1 atom stereocenters. The SMILES string of the molecule is C[C@H](CCc1ncc(C(=O)c2ccccc2O)cc1C(=O)O)CO[Si](C)(C)C(C)(C)C. The van der Waals surface area contributed by atoms with Gasteiger partial charge in [0, 0.05) is 18.4 Å². The molecule has 0 unspecified atom stereocenters. The molecule has 0 bridgehead atoms. The van der Waals surface area contributed by atoms with Gasteiger partial charge in [-0.3, -0.25) is 9.78 Å². The largest absolute Gasteiger partial charge is 0.507 e. The average Bonchev–Trinajstić information content (AvgIpc) is 2.69. The van der Waals surface area contributed by atoms with Crippen LogP contribution in [0.1, 0.15) is 66.1 Å². The van der Waals surface area contributed by atoms with Crippen molar-refractivity contribution >= 4 is 20.1 Å². The lowest BCUT2D eigenvalue weighted by Gasteiger charge is -2.37. The lowest BCUT2D eigenvalue weighted by Crippen LogP contribution is -2.41. The van der Waals surface area contributed by atoms with Gasteiger partial charge in [0.25, 0.3) is 0 Å². The Morgan fingerprint density at radius 3 is 2.39 bits per heavy atom. The molecule has 0 aliphatic carbocycles. The molecule has 0 amide bonds. The van der Waals surface area contributed by atoms with E-state index >= 15 is 0 Å². The molecule has 0 radical (unpaired) electrons. The number of hydrogen-bond acceptors (Lipinski definition) is 5. The molecule has 0 aliphatic rings. The van der Waals surface area contributed by atoms with Crippen LogP contribution in [0.25, 0.3) is 0 Å². The van der Waals surface area contributed by atoms with Crippen molar-refractivity contribution in [2.24, 2.45) is 5.92 Å². The third kappa shape index (κ3) is 6.24. The average molecular weight is 444 g/mol. The number of carboxylic acid groups (broad SMARTS) is 1. The smallest absolute Gasteiger partial charge is 0.337 e. The van der Waals surface area contributed by atoms with Crippen molar-refractivity contribution in [1.29, 1.82) is 0 Å². The number of carbonyl (C=O) groups is 2. The number of carboxylic acids is 1. The molecule has 7 heteroatoms. The molecule has 2 N–H and O–H groups in total. The van der Waals surface area contributed by atoms with E-state index in [4.69, 9.17) is 4.43 Å². The van der Waals surface area contributed by atoms with E-state index in [9.17, 15) is 19.8 Å². The minimum absolute atomic E-state index is 0.0128. The molecule has 0 spiro atoms. The second kappa shape index (κ2) is 9.74. The summed E-state index contributed by atoms with van der Waals surface area (Å²) in [6, 6.07) is 7.51. The zero-order chi connectivity index (χ0) is 23.4. The maximum absolute atomic E-state index is 12.7. The van der Waals surface area contributed by atoms with Crippen LogP contribution >= 0.6 is 0 Å². The molecule has 0 saturated heterocycles. The second-order valence-corrected chi connectivity index (χ2v) is 14.4. The van der Waals surface area contributed by atoms with E-state index in [1.54, 1.807) is 12.1 Å². The van der Waals surface area contributed by atoms with Crippen LogP contribution in [0.4, 0.5) is 0 Å². The molecule has 0 aliphatic heterocycles. The molecule has 31 heavy (non-hydrogen) atoms. The normalized spacial score (nSPS) is 13.1. The van der Waals surface area contributed by atoms with Gasteiger partial charge in [0.1, 0.15) is 5.75 Å². The van der Waals surface area contributed by atoms with Crippen LogP contribution in [0.5, 0.6) is 5.75 Å². The minimum Gasteiger partial charge on any atom is -0.507 e. The van der Waals surface area contributed by atoms with Crippen LogP contribution in [-0.4, -0.2) is 41.9 Å². The molecular weight excluding hydrogens is 410 g/mol. The van der Waals surface area contributed by atoms with Crippen molar-refractivity contribution in [3.63, 3.8) is 0 Å². The van der Waals surface area contributed by atoms with Crippen LogP contribution < -0.4 is 0 Å². The second-order valence-electron chi connectivity index (χ2n) is 9.58. The Bertz CT molecular complexity index is 949. The number of phenolic OH excluding ortho intramolecular Hbond substituents is 1. The first-order valence-corrected chi connectivity index (χ1v) is 13.4. The topological polar surface area (TPSA) is 96.7 Å². The van der Waals surface area contributed by atoms with E-state index in [0.717, 1.165) is 6.42 Å². The third-order valence-electron chi connectivity index (χ3n) is 6.02. The number of hydrogen-bond donors (Lipinski definition) is 2. The summed E-state index contributed by atoms with van der Waals surface area (Å²) in [7, 11) is -1.83. The Hall–Kier alpha value is -2.51. The number of carbonyl (C=O) groups excluding carboxylic acids is 1. The Labute approximate surface area is 185 Å². The van der Waals surface area contributed by atoms with Gasteiger partial charge in [-0.05, 0) is 55.1 Å². The molecule has 1 aromatic carbocycles. The first-order chi connectivity index (χ1) is 14.3. The number of benzene rings is 1. The maximum atomic E-state index is 12.7. The minimum atomic E-state index is -1.83. The fraction of sp³-hybridized carbons (Fsp3) is 0.458. The van der Waals surface area contributed by atoms with E-state index in [1.165, 1.54) is 24.4 Å². The van der Waals surface area contributed by atoms with Crippen molar-refractivity contribution in [3.8, 4) is 5.75 Å². The zero-order valence-corrected chi connectivity index (χ0v) is 20.2. The van der Waals surface area contributed by atoms with E-state index in [-0.39, 0.29) is 33.4 Å². The molecular formula is C24H33NO5Si. The van der Waals surface area contributed by atoms with Crippen LogP contribution in [0.3, 0.4) is 0 Å². The summed E-state index contributed by atoms with van der Waals surface area (Å²) in [4.78, 5) is 28.7. The zero-order valence-electron chi connectivity index (χ0n) is 19.2. The standard InChI is InChI=1S/C24H33NO5Si/c1-16(15-30-31(5,6)24(2,3)4)11-12-20-19(23(28)29)13-17(14-25-20)22(27)18-9-7-8-10-21(18)26/h7-10,13-14,16,26H,11-12,15H2,1-6H3,(H,28,29)/t16-/m1/s1. The molecule has 1 aromatic heterocycles. The maximum Gasteiger partial charge on any atom is 0.337 e. The van der Waals surface area contributed by atoms with Gasteiger partial charge in [-0.15, -0.1) is 0 Å². The summed E-state index contributed by atoms with van der Waals surface area (Å²) < 4.78 is 6.27. The number of nitrogens with zero attached hydrogens (tertiary/aromatic N) is 1. The van der Waals surface area contributed by atoms with Gasteiger partial charge in [-0.2, -0.15) is 0 Å². The number of aromatic nitrogens is 1. The molecule has 6 nitrogen and oxygen atoms in total. The quantitative estimate of drug-likeness (QED) is 0.403. The van der Waals surface area contributed by atoms with Crippen molar-refractivity contribution < 1.29 is 24.2 Å². The van der Waals surface area contributed by atoms with Crippen molar-refractivity contribution in [2.45, 2.75) is 58.7 Å². The number of pyridine rings is 1. The number of phenols is 1. The van der Waals surface area contributed by atoms with E-state index in [1.807, 2.05) is 0 Å². The first-order valence-electron chi connectivity index (χ1n) is 10.5. The predicted molar refractivity (Wildman–Crippen MR) is 123 cm³/mol. The molecule has 168 valence electrons. The number of para-hydroxylation sites is 1. The van der Waals surface area contributed by atoms with Crippen molar-refractivity contribution in [1.82, 2.24) is 4.98 Å². The number of aryl methyl sites for hydroxylation is 1. The molecule has 0 saturated carbocycles. The van der Waals surface area contributed by atoms with Gasteiger partial charge in [-0.1, -0.05) is 39.8 Å². The van der Waals surface area contributed by atoms with Crippen LogP contribution in [0.2, 0.25) is 18.1 Å². The summed E-state index contributed by atoms with van der Waals surface area (Å²) in [5, 5.41) is 19.7. The van der Waals surface area contributed by atoms with Crippen molar-refractivity contribution in [3.05, 3.63) is 58.9 Å². The van der Waals surface area contributed by atoms with E-state index in [0.29, 0.717) is 18.7 Å². The van der Waals surface area contributed by atoms with Crippen LogP contribution in [-0.2, 0) is 10.8 Å². The molecule has 0 fully saturated rings. The highest BCUT2D eigenvalue weighted by Gasteiger charge is 2.37. The van der Waals surface area contributed by atoms with Crippen LogP contribution in [0.15, 0.2) is 36.5 Å². The number of aromatic carboxylic acids is 1. The lowest BCUT2D eigenvalue weighted by atomic mass is 9.98. The fourth-order valence-corrected chi connectivity index (χ4v) is 3.99. The number of ketones is 1. The Kier molecular flexibility index (Phi) is 7.78. The monoisotopic (exact) mass is 443 g/mol. The van der Waals surface area contributed by atoms with Crippen molar-refractivity contribution in [2.75, 3.05) is 6.61 Å². The van der Waals surface area contributed by atoms with Gasteiger partial charge < -0.3 is 14.6 Å². The number of aromatic hydroxyl groups is 1. The Morgan fingerprint density at radius 1 is 1.16 bits per heavy atom. The van der Waals surface area contributed by atoms with E-state index in [2.05, 4.69) is 45.8 Å². The summed E-state index contributed by atoms with van der Waals surface area (Å²) in [5.74, 6) is -1.49. The van der Waals surface area contributed by atoms with Gasteiger partial charge >= 0.3 is 5.97 Å². The summed E-state index contributed by atoms with van der Waals surface area (Å²) >= 11 is 0. The van der Waals surface area contributed by atoms with E-state index < -0.39 is 20.1 Å². The van der Waals surface area contributed by atoms with Crippen LogP contribution in [0, 0.1) is 5.92 Å². The highest BCUT2D eigenvalue weighted by atomic mass is 28.4. The highest BCUT2D eigenvalue weighted by Crippen LogP contribution is 2.37. The fourth-order valence-electron chi connectivity index (χ4n) is 2.86. The van der Waals surface area contributed by atoms with Gasteiger partial charge in [0.2, 0.25) is 0 Å². The molecule has 1 heterocycles. The lowest BCUT2D eigenvalue weighted by molar-refractivity contribution is 0.0695. The number of rotatable bonds is 9. The first kappa shape index (κ1) is 24.8. The Morgan fingerprint density at radius 2 is 1.81 bits per heavy atom. The highest BCUT2D eigenvalue weighted by molar-refractivity contribution is 6.74. The molecule has 2 aromatic rings. The van der Waals surface area contributed by atoms with Gasteiger partial charge in [0.05, 0.1) is 16.8 Å². The summed E-state index contributed by atoms with van der Waals surface area (Å²) in [5.41, 5.74) is 0.709. The third-order valence-corrected chi connectivity index (χ3v) is 10.5. The van der Waals surface area contributed by atoms with Gasteiger partial charge in [-0.25, -0.2) is 4.79 Å².